The fourth-order valence-corrected chi connectivity index (χ4v) is 2.73. The molecular weight excluding hydrogens is 388 g/mol. The van der Waals surface area contributed by atoms with E-state index in [1.807, 2.05) is 0 Å². The first-order chi connectivity index (χ1) is 12.6. The summed E-state index contributed by atoms with van der Waals surface area (Å²) in [7, 11) is 6.28. The monoisotopic (exact) mass is 416 g/mol. The molecule has 0 heterocycles. The quantitative estimate of drug-likeness (QED) is 0.521. The number of halogens is 1. The van der Waals surface area contributed by atoms with E-state index in [0.29, 0.717) is 6.61 Å². The van der Waals surface area contributed by atoms with E-state index < -0.39 is 0 Å². The molecule has 0 atom stereocenters. The van der Waals surface area contributed by atoms with Gasteiger partial charge in [0.2, 0.25) is 0 Å². The normalized spacial score (nSPS) is 11.3. The maximum atomic E-state index is 5.58. The molecule has 0 saturated carbocycles. The Morgan fingerprint density at radius 3 is 2.27 bits per heavy atom. The van der Waals surface area contributed by atoms with Gasteiger partial charge in [0.05, 0.1) is 6.61 Å². The van der Waals surface area contributed by atoms with E-state index in [1.165, 1.54) is 16.8 Å². The predicted molar refractivity (Wildman–Crippen MR) is 117 cm³/mol. The highest BCUT2D eigenvalue weighted by atomic mass is 79.9. The van der Waals surface area contributed by atoms with Gasteiger partial charge in [0.25, 0.3) is 0 Å². The highest BCUT2D eigenvalue weighted by Gasteiger charge is 1.99. The summed E-state index contributed by atoms with van der Waals surface area (Å²) in [6, 6.07) is 17.0. The number of anilines is 1. The molecule has 4 heteroatoms. The summed E-state index contributed by atoms with van der Waals surface area (Å²) in [5, 5.41) is 0.854. The van der Waals surface area contributed by atoms with Crippen molar-refractivity contribution < 1.29 is 4.74 Å². The van der Waals surface area contributed by atoms with Gasteiger partial charge >= 0.3 is 0 Å². The molecule has 0 aliphatic carbocycles. The molecule has 0 fully saturated rings. The number of rotatable bonds is 10. The predicted octanol–water partition coefficient (Wildman–Crippen LogP) is 4.71. The van der Waals surface area contributed by atoms with Gasteiger partial charge in [-0.1, -0.05) is 52.3 Å². The van der Waals surface area contributed by atoms with Crippen molar-refractivity contribution in [3.8, 4) is 5.75 Å². The summed E-state index contributed by atoms with van der Waals surface area (Å²) in [4.78, 5) is 4.45. The van der Waals surface area contributed by atoms with Gasteiger partial charge in [0.1, 0.15) is 5.75 Å². The van der Waals surface area contributed by atoms with E-state index >= 15 is 0 Å². The highest BCUT2D eigenvalue weighted by Crippen LogP contribution is 2.14. The van der Waals surface area contributed by atoms with Gasteiger partial charge in [-0.05, 0) is 48.9 Å². The number of ether oxygens (including phenoxy) is 1. The molecule has 0 aliphatic rings. The minimum Gasteiger partial charge on any atom is -0.493 e. The first kappa shape index (κ1) is 20.5. The molecule has 3 nitrogen and oxygen atoms in total. The molecule has 0 aromatic heterocycles. The van der Waals surface area contributed by atoms with Crippen LogP contribution in [0.3, 0.4) is 0 Å². The molecule has 0 radical (unpaired) electrons. The Morgan fingerprint density at radius 2 is 1.65 bits per heavy atom. The Morgan fingerprint density at radius 1 is 0.962 bits per heavy atom. The second-order valence-electron chi connectivity index (χ2n) is 6.58. The lowest BCUT2D eigenvalue weighted by molar-refractivity contribution is 0.344. The summed E-state index contributed by atoms with van der Waals surface area (Å²) in [6.07, 6.45) is 5.45. The summed E-state index contributed by atoms with van der Waals surface area (Å²) in [6.45, 7) is 2.68. The summed E-state index contributed by atoms with van der Waals surface area (Å²) in [5.74, 6) is 0.935. The van der Waals surface area contributed by atoms with Crippen LogP contribution in [0.15, 0.2) is 54.6 Å². The van der Waals surface area contributed by atoms with Crippen molar-refractivity contribution >= 4 is 27.7 Å². The Hall–Kier alpha value is -1.78. The number of alkyl halides is 1. The minimum atomic E-state index is 0.701. The highest BCUT2D eigenvalue weighted by molar-refractivity contribution is 9.09. The SMILES string of the molecule is CN(C/C=C/c1ccc(N(C)C)cc1)CCc1ccc(OCCBr)cc1. The number of nitrogens with zero attached hydrogens (tertiary/aromatic N) is 2. The summed E-state index contributed by atoms with van der Waals surface area (Å²) < 4.78 is 5.58. The molecule has 2 aromatic carbocycles. The summed E-state index contributed by atoms with van der Waals surface area (Å²) >= 11 is 3.37. The second-order valence-corrected chi connectivity index (χ2v) is 7.37. The van der Waals surface area contributed by atoms with Gasteiger partial charge in [-0.25, -0.2) is 0 Å². The van der Waals surface area contributed by atoms with Crippen LogP contribution in [0.4, 0.5) is 5.69 Å². The Labute approximate surface area is 166 Å². The van der Waals surface area contributed by atoms with Crippen molar-refractivity contribution in [2.75, 3.05) is 51.1 Å². The van der Waals surface area contributed by atoms with Crippen LogP contribution < -0.4 is 9.64 Å². The minimum absolute atomic E-state index is 0.701. The lowest BCUT2D eigenvalue weighted by atomic mass is 10.1. The third kappa shape index (κ3) is 7.22. The van der Waals surface area contributed by atoms with Gasteiger partial charge in [-0.3, -0.25) is 0 Å². The zero-order valence-corrected chi connectivity index (χ0v) is 17.6. The van der Waals surface area contributed by atoms with Crippen LogP contribution in [0.2, 0.25) is 0 Å². The lowest BCUT2D eigenvalue weighted by Gasteiger charge is -2.14. The fourth-order valence-electron chi connectivity index (χ4n) is 2.57. The van der Waals surface area contributed by atoms with Crippen LogP contribution in [0, 0.1) is 0 Å². The van der Waals surface area contributed by atoms with Crippen molar-refractivity contribution in [2.24, 2.45) is 0 Å². The van der Waals surface area contributed by atoms with Crippen molar-refractivity contribution in [2.45, 2.75) is 6.42 Å². The molecule has 2 rings (SSSR count). The average molecular weight is 417 g/mol. The van der Waals surface area contributed by atoms with Gasteiger partial charge in [-0.15, -0.1) is 0 Å². The van der Waals surface area contributed by atoms with Crippen LogP contribution in [0.25, 0.3) is 6.08 Å². The molecule has 0 bridgehead atoms. The first-order valence-corrected chi connectivity index (χ1v) is 10.1. The fraction of sp³-hybridized carbons (Fsp3) is 0.364. The van der Waals surface area contributed by atoms with Gasteiger partial charge in [-0.2, -0.15) is 0 Å². The lowest BCUT2D eigenvalue weighted by Crippen LogP contribution is -2.21. The molecule has 26 heavy (non-hydrogen) atoms. The number of hydrogen-bond donors (Lipinski definition) is 0. The van der Waals surface area contributed by atoms with Crippen LogP contribution in [0.1, 0.15) is 11.1 Å². The van der Waals surface area contributed by atoms with E-state index in [1.54, 1.807) is 0 Å². The van der Waals surface area contributed by atoms with Gasteiger partial charge in [0, 0.05) is 38.2 Å². The second kappa shape index (κ2) is 11.0. The van der Waals surface area contributed by atoms with Crippen molar-refractivity contribution in [3.63, 3.8) is 0 Å². The maximum Gasteiger partial charge on any atom is 0.119 e. The van der Waals surface area contributed by atoms with E-state index in [9.17, 15) is 0 Å². The molecule has 0 saturated heterocycles. The molecular formula is C22H29BrN2O. The number of benzene rings is 2. The topological polar surface area (TPSA) is 15.7 Å². The smallest absolute Gasteiger partial charge is 0.119 e. The molecule has 0 aliphatic heterocycles. The Kier molecular flexibility index (Phi) is 8.72. The van der Waals surface area contributed by atoms with E-state index in [4.69, 9.17) is 4.74 Å². The van der Waals surface area contributed by atoms with E-state index in [-0.39, 0.29) is 0 Å². The number of likely N-dealkylation sites (N-methyl/N-ethyl adjacent to an activating group) is 1. The van der Waals surface area contributed by atoms with E-state index in [2.05, 4.69) is 108 Å². The standard InChI is InChI=1S/C22H29BrN2O/c1-24(2)21-10-6-19(7-11-21)5-4-16-25(3)17-14-20-8-12-22(13-9-20)26-18-15-23/h4-13H,14-18H2,1-3H3/b5-4+. The Bertz CT molecular complexity index is 666. The van der Waals surface area contributed by atoms with Crippen LogP contribution >= 0.6 is 15.9 Å². The van der Waals surface area contributed by atoms with E-state index in [0.717, 1.165) is 30.6 Å². The van der Waals surface area contributed by atoms with Crippen LogP contribution in [-0.4, -0.2) is 51.1 Å². The van der Waals surface area contributed by atoms with Gasteiger partial charge < -0.3 is 14.5 Å². The number of hydrogen-bond acceptors (Lipinski definition) is 3. The van der Waals surface area contributed by atoms with Crippen molar-refractivity contribution in [1.82, 2.24) is 4.90 Å². The maximum absolute atomic E-state index is 5.58. The third-order valence-corrected chi connectivity index (χ3v) is 4.51. The van der Waals surface area contributed by atoms with Crippen LogP contribution in [0.5, 0.6) is 5.75 Å². The van der Waals surface area contributed by atoms with Gasteiger partial charge in [0.15, 0.2) is 0 Å². The molecule has 140 valence electrons. The first-order valence-electron chi connectivity index (χ1n) is 8.98. The molecule has 0 unspecified atom stereocenters. The average Bonchev–Trinajstić information content (AvgIpc) is 2.66. The van der Waals surface area contributed by atoms with Crippen molar-refractivity contribution in [3.05, 3.63) is 65.7 Å². The van der Waals surface area contributed by atoms with Crippen molar-refractivity contribution in [1.29, 1.82) is 0 Å². The Balaban J connectivity index is 1.73. The molecule has 0 spiro atoms. The molecule has 0 N–H and O–H groups in total. The third-order valence-electron chi connectivity index (χ3n) is 4.19. The van der Waals surface area contributed by atoms with Crippen LogP contribution in [-0.2, 0) is 6.42 Å². The summed E-state index contributed by atoms with van der Waals surface area (Å²) in [5.41, 5.74) is 3.80. The molecule has 2 aromatic rings. The molecule has 0 amide bonds. The zero-order chi connectivity index (χ0) is 18.8. The largest absolute Gasteiger partial charge is 0.493 e. The zero-order valence-electron chi connectivity index (χ0n) is 16.0.